The molecule has 0 aliphatic rings. The van der Waals surface area contributed by atoms with E-state index >= 15 is 0 Å². The van der Waals surface area contributed by atoms with Gasteiger partial charge in [0, 0.05) is 30.6 Å². The number of rotatable bonds is 8. The molecule has 1 aromatic carbocycles. The van der Waals surface area contributed by atoms with Crippen molar-refractivity contribution in [3.63, 3.8) is 0 Å². The third-order valence-electron chi connectivity index (χ3n) is 4.35. The largest absolute Gasteiger partial charge is 0.396 e. The van der Waals surface area contributed by atoms with Crippen LogP contribution in [0.25, 0.3) is 11.4 Å². The van der Waals surface area contributed by atoms with Crippen molar-refractivity contribution in [2.75, 3.05) is 6.61 Å². The van der Waals surface area contributed by atoms with Crippen LogP contribution in [0, 0.1) is 12.7 Å². The van der Waals surface area contributed by atoms with E-state index < -0.39 is 5.54 Å². The Balaban J connectivity index is 1.95. The molecule has 1 unspecified atom stereocenters. The van der Waals surface area contributed by atoms with Crippen molar-refractivity contribution < 1.29 is 18.8 Å². The van der Waals surface area contributed by atoms with Crippen LogP contribution in [0.3, 0.4) is 0 Å². The summed E-state index contributed by atoms with van der Waals surface area (Å²) in [5.74, 6) is 0.157. The van der Waals surface area contributed by atoms with Crippen LogP contribution in [0.15, 0.2) is 22.7 Å². The van der Waals surface area contributed by atoms with Gasteiger partial charge in [0.1, 0.15) is 5.82 Å². The molecule has 0 radical (unpaired) electrons. The maximum atomic E-state index is 13.6. The second-order valence-corrected chi connectivity index (χ2v) is 6.41. The van der Waals surface area contributed by atoms with Crippen molar-refractivity contribution >= 4 is 5.91 Å². The fourth-order valence-electron chi connectivity index (χ4n) is 2.40. The molecule has 0 spiro atoms. The topological polar surface area (TPSA) is 88.2 Å². The average molecular weight is 349 g/mol. The Bertz CT molecular complexity index is 732. The lowest BCUT2D eigenvalue weighted by Crippen LogP contribution is -2.46. The third kappa shape index (κ3) is 5.09. The van der Waals surface area contributed by atoms with Gasteiger partial charge in [-0.1, -0.05) is 24.2 Å². The summed E-state index contributed by atoms with van der Waals surface area (Å²) in [5, 5.41) is 15.9. The van der Waals surface area contributed by atoms with Gasteiger partial charge in [-0.15, -0.1) is 0 Å². The molecule has 6 nitrogen and oxygen atoms in total. The van der Waals surface area contributed by atoms with Gasteiger partial charge in [-0.25, -0.2) is 4.39 Å². The van der Waals surface area contributed by atoms with Gasteiger partial charge in [0.2, 0.25) is 17.6 Å². The SMILES string of the molecule is CCC(C)(CCO)NC(=O)CCc1nc(-c2ccc(C)c(F)c2)no1. The maximum absolute atomic E-state index is 13.6. The fraction of sp³-hybridized carbons (Fsp3) is 0.500. The number of benzene rings is 1. The van der Waals surface area contributed by atoms with Crippen molar-refractivity contribution in [2.24, 2.45) is 0 Å². The van der Waals surface area contributed by atoms with Gasteiger partial charge < -0.3 is 14.9 Å². The summed E-state index contributed by atoms with van der Waals surface area (Å²) in [5.41, 5.74) is 0.653. The number of aromatic nitrogens is 2. The van der Waals surface area contributed by atoms with Crippen molar-refractivity contribution in [1.82, 2.24) is 15.5 Å². The molecule has 25 heavy (non-hydrogen) atoms. The van der Waals surface area contributed by atoms with Crippen molar-refractivity contribution in [3.05, 3.63) is 35.5 Å². The molecular weight excluding hydrogens is 325 g/mol. The van der Waals surface area contributed by atoms with Crippen LogP contribution >= 0.6 is 0 Å². The molecule has 2 rings (SSSR count). The summed E-state index contributed by atoms with van der Waals surface area (Å²) in [6.07, 6.45) is 1.72. The predicted molar refractivity (Wildman–Crippen MR) is 91.3 cm³/mol. The van der Waals surface area contributed by atoms with Crippen LogP contribution < -0.4 is 5.32 Å². The fourth-order valence-corrected chi connectivity index (χ4v) is 2.40. The zero-order chi connectivity index (χ0) is 18.4. The van der Waals surface area contributed by atoms with Crippen LogP contribution in [0.4, 0.5) is 4.39 Å². The summed E-state index contributed by atoms with van der Waals surface area (Å²) in [4.78, 5) is 16.3. The minimum absolute atomic E-state index is 0.0186. The summed E-state index contributed by atoms with van der Waals surface area (Å²) in [6.45, 7) is 5.56. The molecule has 136 valence electrons. The minimum atomic E-state index is -0.425. The van der Waals surface area contributed by atoms with E-state index in [0.29, 0.717) is 35.7 Å². The lowest BCUT2D eigenvalue weighted by atomic mass is 9.94. The van der Waals surface area contributed by atoms with Gasteiger partial charge in [0.05, 0.1) is 0 Å². The Morgan fingerprint density at radius 3 is 2.84 bits per heavy atom. The van der Waals surface area contributed by atoms with Gasteiger partial charge in [-0.3, -0.25) is 4.79 Å². The number of halogens is 1. The first-order valence-corrected chi connectivity index (χ1v) is 8.38. The number of amides is 1. The molecule has 1 heterocycles. The maximum Gasteiger partial charge on any atom is 0.227 e. The number of nitrogens with one attached hydrogen (secondary N) is 1. The first-order valence-electron chi connectivity index (χ1n) is 8.38. The van der Waals surface area contributed by atoms with E-state index in [2.05, 4.69) is 15.5 Å². The van der Waals surface area contributed by atoms with Crippen molar-refractivity contribution in [2.45, 2.75) is 52.0 Å². The molecular formula is C18H24FN3O3. The number of hydrogen-bond acceptors (Lipinski definition) is 5. The van der Waals surface area contributed by atoms with E-state index in [1.54, 1.807) is 19.1 Å². The second-order valence-electron chi connectivity index (χ2n) is 6.41. The van der Waals surface area contributed by atoms with Gasteiger partial charge in [-0.05, 0) is 38.3 Å². The molecule has 0 aliphatic carbocycles. The summed E-state index contributed by atoms with van der Waals surface area (Å²) in [6, 6.07) is 4.74. The zero-order valence-electron chi connectivity index (χ0n) is 14.8. The van der Waals surface area contributed by atoms with Crippen molar-refractivity contribution in [3.8, 4) is 11.4 Å². The summed E-state index contributed by atoms with van der Waals surface area (Å²) >= 11 is 0. The van der Waals surface area contributed by atoms with E-state index in [0.717, 1.165) is 6.42 Å². The smallest absolute Gasteiger partial charge is 0.227 e. The van der Waals surface area contributed by atoms with E-state index in [-0.39, 0.29) is 24.8 Å². The molecule has 0 aliphatic heterocycles. The molecule has 0 saturated carbocycles. The molecule has 2 N–H and O–H groups in total. The van der Waals surface area contributed by atoms with Crippen LogP contribution in [0.5, 0.6) is 0 Å². The first-order chi connectivity index (χ1) is 11.9. The molecule has 1 amide bonds. The number of aryl methyl sites for hydroxylation is 2. The molecule has 0 fully saturated rings. The normalized spacial score (nSPS) is 13.5. The second kappa shape index (κ2) is 8.20. The van der Waals surface area contributed by atoms with Crippen molar-refractivity contribution in [1.29, 1.82) is 0 Å². The highest BCUT2D eigenvalue weighted by Gasteiger charge is 2.23. The van der Waals surface area contributed by atoms with E-state index in [4.69, 9.17) is 9.63 Å². The Kier molecular flexibility index (Phi) is 6.25. The lowest BCUT2D eigenvalue weighted by Gasteiger charge is -2.28. The molecule has 1 aromatic heterocycles. The highest BCUT2D eigenvalue weighted by atomic mass is 19.1. The minimum Gasteiger partial charge on any atom is -0.396 e. The van der Waals surface area contributed by atoms with E-state index in [1.807, 2.05) is 13.8 Å². The first kappa shape index (κ1) is 19.1. The molecule has 1 atom stereocenters. The number of carbonyl (C=O) groups excluding carboxylic acids is 1. The number of hydrogen-bond donors (Lipinski definition) is 2. The lowest BCUT2D eigenvalue weighted by molar-refractivity contribution is -0.123. The van der Waals surface area contributed by atoms with Crippen LogP contribution in [0.2, 0.25) is 0 Å². The Morgan fingerprint density at radius 1 is 1.44 bits per heavy atom. The standard InChI is InChI=1S/C18H24FN3O3/c1-4-18(3,9-10-23)21-15(24)7-8-16-20-17(22-25-16)13-6-5-12(2)14(19)11-13/h5-6,11,23H,4,7-10H2,1-3H3,(H,21,24). The number of nitrogens with zero attached hydrogens (tertiary/aromatic N) is 2. The van der Waals surface area contributed by atoms with E-state index in [9.17, 15) is 9.18 Å². The highest BCUT2D eigenvalue weighted by Crippen LogP contribution is 2.19. The summed E-state index contributed by atoms with van der Waals surface area (Å²) < 4.78 is 18.8. The van der Waals surface area contributed by atoms with Gasteiger partial charge >= 0.3 is 0 Å². The predicted octanol–water partition coefficient (Wildman–Crippen LogP) is 2.78. The third-order valence-corrected chi connectivity index (χ3v) is 4.35. The molecule has 7 heteroatoms. The van der Waals surface area contributed by atoms with Gasteiger partial charge in [-0.2, -0.15) is 4.98 Å². The Morgan fingerprint density at radius 2 is 2.20 bits per heavy atom. The molecule has 0 bridgehead atoms. The Hall–Kier alpha value is -2.28. The zero-order valence-corrected chi connectivity index (χ0v) is 14.8. The van der Waals surface area contributed by atoms with Crippen LogP contribution in [-0.2, 0) is 11.2 Å². The van der Waals surface area contributed by atoms with Crippen LogP contribution in [-0.4, -0.2) is 33.3 Å². The number of aliphatic hydroxyl groups excluding tert-OH is 1. The van der Waals surface area contributed by atoms with Crippen LogP contribution in [0.1, 0.15) is 44.6 Å². The Labute approximate surface area is 146 Å². The van der Waals surface area contributed by atoms with Gasteiger partial charge in [0.15, 0.2) is 0 Å². The molecule has 0 saturated heterocycles. The average Bonchev–Trinajstić information content (AvgIpc) is 3.04. The monoisotopic (exact) mass is 349 g/mol. The highest BCUT2D eigenvalue weighted by molar-refractivity contribution is 5.76. The summed E-state index contributed by atoms with van der Waals surface area (Å²) in [7, 11) is 0. The van der Waals surface area contributed by atoms with Gasteiger partial charge in [0.25, 0.3) is 0 Å². The molecule has 2 aromatic rings. The number of carbonyl (C=O) groups is 1. The van der Waals surface area contributed by atoms with E-state index in [1.165, 1.54) is 6.07 Å². The quantitative estimate of drug-likeness (QED) is 0.765. The number of aliphatic hydroxyl groups is 1.